The van der Waals surface area contributed by atoms with Crippen molar-refractivity contribution in [1.82, 2.24) is 20.0 Å². The third-order valence-corrected chi connectivity index (χ3v) is 2.67. The van der Waals surface area contributed by atoms with E-state index >= 15 is 0 Å². The minimum atomic E-state index is -0.237. The van der Waals surface area contributed by atoms with Crippen LogP contribution in [0.2, 0.25) is 0 Å². The normalized spacial score (nSPS) is 10.5. The Kier molecular flexibility index (Phi) is 2.60. The Labute approximate surface area is 108 Å². The number of anilines is 1. The fourth-order valence-corrected chi connectivity index (χ4v) is 1.76. The number of hydrogen-bond donors (Lipinski definition) is 2. The lowest BCUT2D eigenvalue weighted by Gasteiger charge is -2.01. The van der Waals surface area contributed by atoms with Gasteiger partial charge in [-0.25, -0.2) is 9.78 Å². The molecule has 0 atom stereocenters. The summed E-state index contributed by atoms with van der Waals surface area (Å²) in [5, 5.41) is 10.7. The molecule has 2 aromatic heterocycles. The quantitative estimate of drug-likeness (QED) is 0.671. The van der Waals surface area contributed by atoms with Crippen molar-refractivity contribution in [2.24, 2.45) is 0 Å². The number of nitrogen functional groups attached to an aromatic ring is 1. The minimum absolute atomic E-state index is 0.237. The van der Waals surface area contributed by atoms with Gasteiger partial charge in [0.15, 0.2) is 0 Å². The highest BCUT2D eigenvalue weighted by Crippen LogP contribution is 2.16. The Morgan fingerprint density at radius 2 is 2.00 bits per heavy atom. The van der Waals surface area contributed by atoms with Crippen molar-refractivity contribution >= 4 is 5.69 Å². The molecule has 0 aliphatic carbocycles. The van der Waals surface area contributed by atoms with Crippen LogP contribution in [-0.2, 0) is 0 Å². The summed E-state index contributed by atoms with van der Waals surface area (Å²) in [5.74, 6) is 0. The van der Waals surface area contributed by atoms with Crippen LogP contribution in [-0.4, -0.2) is 20.0 Å². The second-order valence-electron chi connectivity index (χ2n) is 4.05. The molecule has 0 fully saturated rings. The van der Waals surface area contributed by atoms with E-state index in [9.17, 15) is 4.79 Å². The fourth-order valence-electron chi connectivity index (χ4n) is 1.76. The first-order chi connectivity index (χ1) is 9.22. The molecule has 0 radical (unpaired) electrons. The highest BCUT2D eigenvalue weighted by Gasteiger charge is 2.05. The van der Waals surface area contributed by atoms with Crippen LogP contribution in [0.15, 0.2) is 53.5 Å². The van der Waals surface area contributed by atoms with Crippen LogP contribution in [0.3, 0.4) is 0 Å². The predicted molar refractivity (Wildman–Crippen MR) is 71.8 cm³/mol. The Bertz CT molecular complexity index is 754. The van der Waals surface area contributed by atoms with Crippen LogP contribution >= 0.6 is 0 Å². The van der Waals surface area contributed by atoms with Gasteiger partial charge in [0.05, 0.1) is 5.69 Å². The second-order valence-corrected chi connectivity index (χ2v) is 4.05. The number of rotatable bonds is 2. The van der Waals surface area contributed by atoms with E-state index in [1.165, 1.54) is 6.07 Å². The van der Waals surface area contributed by atoms with Crippen molar-refractivity contribution in [3.63, 3.8) is 0 Å². The van der Waals surface area contributed by atoms with Gasteiger partial charge in [0.25, 0.3) is 5.56 Å². The zero-order valence-corrected chi connectivity index (χ0v) is 9.95. The van der Waals surface area contributed by atoms with Crippen LogP contribution in [0.1, 0.15) is 0 Å². The number of aromatic amines is 1. The van der Waals surface area contributed by atoms with Crippen LogP contribution in [0.5, 0.6) is 0 Å². The smallest absolute Gasteiger partial charge is 0.264 e. The highest BCUT2D eigenvalue weighted by atomic mass is 16.1. The van der Waals surface area contributed by atoms with E-state index < -0.39 is 0 Å². The summed E-state index contributed by atoms with van der Waals surface area (Å²) >= 11 is 0. The zero-order chi connectivity index (χ0) is 13.2. The summed E-state index contributed by atoms with van der Waals surface area (Å²) in [6, 6.07) is 12.3. The summed E-state index contributed by atoms with van der Waals surface area (Å²) in [6.45, 7) is 0. The van der Waals surface area contributed by atoms with E-state index in [2.05, 4.69) is 15.3 Å². The van der Waals surface area contributed by atoms with Gasteiger partial charge in [-0.15, -0.1) is 0 Å². The summed E-state index contributed by atoms with van der Waals surface area (Å²) in [4.78, 5) is 11.0. The van der Waals surface area contributed by atoms with Gasteiger partial charge < -0.3 is 5.73 Å². The van der Waals surface area contributed by atoms with Gasteiger partial charge >= 0.3 is 0 Å². The van der Waals surface area contributed by atoms with E-state index in [4.69, 9.17) is 5.73 Å². The molecule has 0 saturated carbocycles. The first-order valence-electron chi connectivity index (χ1n) is 5.70. The molecule has 0 spiro atoms. The van der Waals surface area contributed by atoms with E-state index in [-0.39, 0.29) is 5.56 Å². The molecule has 2 heterocycles. The van der Waals surface area contributed by atoms with Crippen LogP contribution in [0, 0.1) is 0 Å². The van der Waals surface area contributed by atoms with Crippen molar-refractivity contribution in [3.8, 4) is 17.1 Å². The van der Waals surface area contributed by atoms with Crippen molar-refractivity contribution < 1.29 is 0 Å². The van der Waals surface area contributed by atoms with Gasteiger partial charge in [-0.05, 0) is 30.3 Å². The third kappa shape index (κ3) is 2.23. The first-order valence-corrected chi connectivity index (χ1v) is 5.70. The Morgan fingerprint density at radius 3 is 2.74 bits per heavy atom. The van der Waals surface area contributed by atoms with Gasteiger partial charge in [0.1, 0.15) is 11.4 Å². The number of hydrogen-bond acceptors (Lipinski definition) is 4. The number of aromatic nitrogens is 4. The first kappa shape index (κ1) is 11.2. The summed E-state index contributed by atoms with van der Waals surface area (Å²) in [6.07, 6.45) is 1.82. The van der Waals surface area contributed by atoms with Crippen molar-refractivity contribution in [3.05, 3.63) is 59.0 Å². The molecule has 1 aromatic carbocycles. The van der Waals surface area contributed by atoms with Crippen molar-refractivity contribution in [2.75, 3.05) is 5.73 Å². The SMILES string of the molecule is Nc1cccc(-n2ccc(-c3ccc(=O)[nH]n3)n2)c1. The summed E-state index contributed by atoms with van der Waals surface area (Å²) in [7, 11) is 0. The Morgan fingerprint density at radius 1 is 1.11 bits per heavy atom. The molecule has 19 heavy (non-hydrogen) atoms. The lowest BCUT2D eigenvalue weighted by atomic mass is 10.3. The molecule has 0 saturated heterocycles. The molecule has 3 N–H and O–H groups in total. The van der Waals surface area contributed by atoms with E-state index in [0.29, 0.717) is 17.1 Å². The molecular weight excluding hydrogens is 242 g/mol. The maximum Gasteiger partial charge on any atom is 0.264 e. The molecule has 0 bridgehead atoms. The monoisotopic (exact) mass is 253 g/mol. The van der Waals surface area contributed by atoms with Crippen LogP contribution in [0.4, 0.5) is 5.69 Å². The van der Waals surface area contributed by atoms with E-state index in [1.807, 2.05) is 36.5 Å². The Hall–Kier alpha value is -2.89. The Balaban J connectivity index is 1.99. The average molecular weight is 253 g/mol. The lowest BCUT2D eigenvalue weighted by molar-refractivity contribution is 0.878. The van der Waals surface area contributed by atoms with Gasteiger partial charge in [-0.1, -0.05) is 6.07 Å². The maximum atomic E-state index is 11.0. The maximum absolute atomic E-state index is 11.0. The molecule has 6 heteroatoms. The topological polar surface area (TPSA) is 89.6 Å². The molecule has 94 valence electrons. The molecule has 0 amide bonds. The molecule has 0 unspecified atom stereocenters. The van der Waals surface area contributed by atoms with Crippen molar-refractivity contribution in [1.29, 1.82) is 0 Å². The van der Waals surface area contributed by atoms with Gasteiger partial charge in [-0.3, -0.25) is 4.79 Å². The molecule has 0 aliphatic rings. The molecular formula is C13H11N5O. The second kappa shape index (κ2) is 4.41. The lowest BCUT2D eigenvalue weighted by Crippen LogP contribution is -2.05. The predicted octanol–water partition coefficient (Wildman–Crippen LogP) is 1.20. The number of H-pyrrole nitrogens is 1. The molecule has 6 nitrogen and oxygen atoms in total. The zero-order valence-electron chi connectivity index (χ0n) is 9.95. The third-order valence-electron chi connectivity index (χ3n) is 2.67. The van der Waals surface area contributed by atoms with Crippen molar-refractivity contribution in [2.45, 2.75) is 0 Å². The van der Waals surface area contributed by atoms with Gasteiger partial charge in [0.2, 0.25) is 0 Å². The minimum Gasteiger partial charge on any atom is -0.399 e. The largest absolute Gasteiger partial charge is 0.399 e. The van der Waals surface area contributed by atoms with Gasteiger partial charge in [-0.2, -0.15) is 10.2 Å². The van der Waals surface area contributed by atoms with E-state index in [1.54, 1.807) is 10.7 Å². The summed E-state index contributed by atoms with van der Waals surface area (Å²) in [5.41, 5.74) is 8.34. The highest BCUT2D eigenvalue weighted by molar-refractivity contribution is 5.54. The molecule has 3 aromatic rings. The number of benzene rings is 1. The summed E-state index contributed by atoms with van der Waals surface area (Å²) < 4.78 is 1.71. The average Bonchev–Trinajstić information content (AvgIpc) is 2.89. The number of nitrogens with zero attached hydrogens (tertiary/aromatic N) is 3. The van der Waals surface area contributed by atoms with Crippen LogP contribution < -0.4 is 11.3 Å². The van der Waals surface area contributed by atoms with Gasteiger partial charge in [0, 0.05) is 18.0 Å². The molecule has 3 rings (SSSR count). The van der Waals surface area contributed by atoms with E-state index in [0.717, 1.165) is 5.69 Å². The fraction of sp³-hybridized carbons (Fsp3) is 0. The van der Waals surface area contributed by atoms with Crippen LogP contribution in [0.25, 0.3) is 17.1 Å². The molecule has 0 aliphatic heterocycles. The number of nitrogens with two attached hydrogens (primary N) is 1. The number of nitrogens with one attached hydrogen (secondary N) is 1. The standard InChI is InChI=1S/C13H11N5O/c14-9-2-1-3-10(8-9)18-7-6-12(17-18)11-4-5-13(19)16-15-11/h1-8H,14H2,(H,16,19).